The molecule has 1 aliphatic rings. The molecule has 0 spiro atoms. The highest BCUT2D eigenvalue weighted by molar-refractivity contribution is 6.29. The number of phenolic OH excluding ortho intramolecular Hbond substituents is 3. The van der Waals surface area contributed by atoms with E-state index >= 15 is 0 Å². The molecule has 6 nitrogen and oxygen atoms in total. The van der Waals surface area contributed by atoms with Gasteiger partial charge in [-0.3, -0.25) is 9.59 Å². The van der Waals surface area contributed by atoms with Crippen LogP contribution in [0.4, 0.5) is 0 Å². The second-order valence-electron chi connectivity index (χ2n) is 4.74. The summed E-state index contributed by atoms with van der Waals surface area (Å²) in [6.45, 7) is -0.393. The quantitative estimate of drug-likeness (QED) is 0.497. The molecular formula is C15H10O6. The predicted octanol–water partition coefficient (Wildman–Crippen LogP) is 1.07. The van der Waals surface area contributed by atoms with Gasteiger partial charge in [0.25, 0.3) is 0 Å². The Morgan fingerprint density at radius 1 is 0.714 bits per heavy atom. The molecule has 3 rings (SSSR count). The van der Waals surface area contributed by atoms with Gasteiger partial charge in [0.15, 0.2) is 23.1 Å². The topological polar surface area (TPSA) is 115 Å². The average molecular weight is 286 g/mol. The monoisotopic (exact) mass is 286 g/mol. The first-order valence-corrected chi connectivity index (χ1v) is 6.06. The number of ketones is 2. The maximum atomic E-state index is 12.4. The van der Waals surface area contributed by atoms with E-state index in [9.17, 15) is 24.9 Å². The highest BCUT2D eigenvalue weighted by Crippen LogP contribution is 2.38. The number of aromatic hydroxyl groups is 3. The van der Waals surface area contributed by atoms with Gasteiger partial charge in [0.05, 0.1) is 12.2 Å². The summed E-state index contributed by atoms with van der Waals surface area (Å²) in [6, 6.07) is 4.53. The average Bonchev–Trinajstić information content (AvgIpc) is 2.46. The Bertz CT molecular complexity index is 806. The molecule has 0 bridgehead atoms. The fourth-order valence-corrected chi connectivity index (χ4v) is 2.43. The van der Waals surface area contributed by atoms with Gasteiger partial charge >= 0.3 is 0 Å². The van der Waals surface area contributed by atoms with Crippen LogP contribution in [0.5, 0.6) is 17.2 Å². The molecule has 2 aromatic carbocycles. The minimum atomic E-state index is -0.628. The number of phenols is 3. The van der Waals surface area contributed by atoms with Crippen LogP contribution >= 0.6 is 0 Å². The molecule has 1 aliphatic carbocycles. The third kappa shape index (κ3) is 1.77. The molecule has 6 heteroatoms. The fourth-order valence-electron chi connectivity index (χ4n) is 2.43. The van der Waals surface area contributed by atoms with Crippen LogP contribution in [-0.2, 0) is 6.61 Å². The Balaban J connectivity index is 2.33. The Kier molecular flexibility index (Phi) is 2.70. The summed E-state index contributed by atoms with van der Waals surface area (Å²) in [5.74, 6) is -2.64. The largest absolute Gasteiger partial charge is 0.507 e. The van der Waals surface area contributed by atoms with Crippen molar-refractivity contribution in [3.63, 3.8) is 0 Å². The Morgan fingerprint density at radius 2 is 1.29 bits per heavy atom. The van der Waals surface area contributed by atoms with Crippen LogP contribution in [0.25, 0.3) is 0 Å². The van der Waals surface area contributed by atoms with E-state index in [1.165, 1.54) is 12.1 Å². The third-order valence-corrected chi connectivity index (χ3v) is 3.44. The number of carbonyl (C=O) groups excluding carboxylic acids is 2. The van der Waals surface area contributed by atoms with Crippen molar-refractivity contribution in [3.05, 3.63) is 52.1 Å². The summed E-state index contributed by atoms with van der Waals surface area (Å²) >= 11 is 0. The minimum Gasteiger partial charge on any atom is -0.507 e. The van der Waals surface area contributed by atoms with E-state index in [2.05, 4.69) is 0 Å². The van der Waals surface area contributed by atoms with Crippen molar-refractivity contribution in [2.45, 2.75) is 6.61 Å². The number of benzene rings is 2. The van der Waals surface area contributed by atoms with Crippen molar-refractivity contribution < 1.29 is 30.0 Å². The predicted molar refractivity (Wildman–Crippen MR) is 70.7 cm³/mol. The van der Waals surface area contributed by atoms with Crippen LogP contribution in [0.1, 0.15) is 37.4 Å². The van der Waals surface area contributed by atoms with Gasteiger partial charge in [0.2, 0.25) is 0 Å². The van der Waals surface area contributed by atoms with E-state index in [1.54, 1.807) is 0 Å². The van der Waals surface area contributed by atoms with Gasteiger partial charge in [-0.1, -0.05) is 0 Å². The lowest BCUT2D eigenvalue weighted by atomic mass is 9.82. The Labute approximate surface area is 118 Å². The molecule has 0 radical (unpaired) electrons. The first-order chi connectivity index (χ1) is 9.93. The van der Waals surface area contributed by atoms with Crippen molar-refractivity contribution in [1.82, 2.24) is 0 Å². The summed E-state index contributed by atoms with van der Waals surface area (Å²) in [4.78, 5) is 24.8. The summed E-state index contributed by atoms with van der Waals surface area (Å²) in [6.07, 6.45) is 0. The van der Waals surface area contributed by atoms with Crippen LogP contribution in [0, 0.1) is 0 Å². The zero-order valence-corrected chi connectivity index (χ0v) is 10.6. The summed E-state index contributed by atoms with van der Waals surface area (Å²) in [5.41, 5.74) is -0.0672. The zero-order valence-electron chi connectivity index (χ0n) is 10.6. The highest BCUT2D eigenvalue weighted by Gasteiger charge is 2.33. The van der Waals surface area contributed by atoms with Crippen molar-refractivity contribution >= 4 is 11.6 Å². The molecular weight excluding hydrogens is 276 g/mol. The lowest BCUT2D eigenvalue weighted by molar-refractivity contribution is 0.0976. The molecule has 4 N–H and O–H groups in total. The van der Waals surface area contributed by atoms with Gasteiger partial charge in [-0.05, 0) is 29.8 Å². The smallest absolute Gasteiger partial charge is 0.198 e. The van der Waals surface area contributed by atoms with E-state index in [4.69, 9.17) is 5.11 Å². The van der Waals surface area contributed by atoms with Gasteiger partial charge < -0.3 is 20.4 Å². The van der Waals surface area contributed by atoms with Gasteiger partial charge in [0, 0.05) is 16.7 Å². The molecule has 0 atom stereocenters. The summed E-state index contributed by atoms with van der Waals surface area (Å²) in [5, 5.41) is 38.0. The van der Waals surface area contributed by atoms with Crippen LogP contribution < -0.4 is 0 Å². The van der Waals surface area contributed by atoms with E-state index in [1.807, 2.05) is 0 Å². The van der Waals surface area contributed by atoms with E-state index in [0.29, 0.717) is 5.56 Å². The number of aliphatic hydroxyl groups excluding tert-OH is 1. The molecule has 0 aliphatic heterocycles. The number of carbonyl (C=O) groups is 2. The summed E-state index contributed by atoms with van der Waals surface area (Å²) in [7, 11) is 0. The lowest BCUT2D eigenvalue weighted by Crippen LogP contribution is -2.21. The van der Waals surface area contributed by atoms with Crippen molar-refractivity contribution in [1.29, 1.82) is 0 Å². The molecule has 106 valence electrons. The molecule has 0 heterocycles. The number of fused-ring (bicyclic) bond motifs is 2. The van der Waals surface area contributed by atoms with Gasteiger partial charge in [-0.15, -0.1) is 0 Å². The first kappa shape index (κ1) is 13.1. The van der Waals surface area contributed by atoms with Gasteiger partial charge in [0.1, 0.15) is 5.75 Å². The Hall–Kier alpha value is -2.86. The highest BCUT2D eigenvalue weighted by atomic mass is 16.3. The number of rotatable bonds is 1. The second-order valence-corrected chi connectivity index (χ2v) is 4.74. The first-order valence-electron chi connectivity index (χ1n) is 6.06. The molecule has 0 fully saturated rings. The second kappa shape index (κ2) is 4.32. The van der Waals surface area contributed by atoms with Gasteiger partial charge in [-0.25, -0.2) is 0 Å². The number of aliphatic hydroxyl groups is 1. The molecule has 0 unspecified atom stereocenters. The third-order valence-electron chi connectivity index (χ3n) is 3.44. The van der Waals surface area contributed by atoms with E-state index in [0.717, 1.165) is 12.1 Å². The van der Waals surface area contributed by atoms with Crippen LogP contribution in [0.15, 0.2) is 24.3 Å². The molecule has 0 saturated carbocycles. The minimum absolute atomic E-state index is 0.0401. The molecule has 2 aromatic rings. The van der Waals surface area contributed by atoms with Gasteiger partial charge in [-0.2, -0.15) is 0 Å². The normalized spacial score (nSPS) is 13.0. The van der Waals surface area contributed by atoms with Crippen molar-refractivity contribution in [3.8, 4) is 17.2 Å². The van der Waals surface area contributed by atoms with Crippen LogP contribution in [0.3, 0.4) is 0 Å². The SMILES string of the molecule is O=C1c2cc(O)c(O)cc2C(=O)c2c(O)cc(CO)cc21. The molecule has 0 amide bonds. The van der Waals surface area contributed by atoms with E-state index in [-0.39, 0.29) is 22.3 Å². The maximum Gasteiger partial charge on any atom is 0.198 e. The van der Waals surface area contributed by atoms with Crippen LogP contribution in [-0.4, -0.2) is 32.0 Å². The standard InChI is InChI=1S/C15H10O6/c16-5-6-1-9-13(12(19)2-6)15(21)8-4-11(18)10(17)3-7(8)14(9)20/h1-4,16-19H,5H2. The molecule has 21 heavy (non-hydrogen) atoms. The van der Waals surface area contributed by atoms with Crippen molar-refractivity contribution in [2.24, 2.45) is 0 Å². The maximum absolute atomic E-state index is 12.4. The zero-order chi connectivity index (χ0) is 15.3. The van der Waals surface area contributed by atoms with Crippen LogP contribution in [0.2, 0.25) is 0 Å². The number of hydrogen-bond donors (Lipinski definition) is 4. The lowest BCUT2D eigenvalue weighted by Gasteiger charge is -2.19. The fraction of sp³-hybridized carbons (Fsp3) is 0.0667. The van der Waals surface area contributed by atoms with E-state index < -0.39 is 35.4 Å². The Morgan fingerprint density at radius 3 is 1.86 bits per heavy atom. The van der Waals surface area contributed by atoms with Crippen molar-refractivity contribution in [2.75, 3.05) is 0 Å². The summed E-state index contributed by atoms with van der Waals surface area (Å²) < 4.78 is 0. The molecule has 0 saturated heterocycles. The number of hydrogen-bond acceptors (Lipinski definition) is 6. The molecule has 0 aromatic heterocycles.